The highest BCUT2D eigenvalue weighted by Crippen LogP contribution is 2.33. The predicted molar refractivity (Wildman–Crippen MR) is 139 cm³/mol. The Morgan fingerprint density at radius 3 is 2.39 bits per heavy atom. The molecule has 8 nitrogen and oxygen atoms in total. The van der Waals surface area contributed by atoms with Gasteiger partial charge in [0.25, 0.3) is 0 Å². The van der Waals surface area contributed by atoms with E-state index in [1.807, 2.05) is 6.92 Å². The third-order valence-electron chi connectivity index (χ3n) is 5.64. The first kappa shape index (κ1) is 28.9. The number of para-hydroxylation sites is 1. The topological polar surface area (TPSA) is 110 Å². The van der Waals surface area contributed by atoms with Crippen LogP contribution in [0.1, 0.15) is 61.4 Å². The molecule has 0 aliphatic carbocycles. The molecule has 0 radical (unpaired) electrons. The number of carbonyl (C=O) groups is 1. The SMILES string of the molecule is CCCCc1ncc(C(=O)OCC)c(NC(C)c2ccc(-c3ccccc3NS(=O)(=O)C(F)(F)F)cc2)n1. The number of halogens is 3. The molecule has 1 unspecified atom stereocenters. The molecule has 12 heteroatoms. The number of anilines is 2. The van der Waals surface area contributed by atoms with Crippen molar-refractivity contribution in [3.8, 4) is 11.1 Å². The Bertz CT molecular complexity index is 1360. The molecule has 0 aliphatic rings. The van der Waals surface area contributed by atoms with E-state index in [0.29, 0.717) is 23.6 Å². The Labute approximate surface area is 219 Å². The van der Waals surface area contributed by atoms with Crippen LogP contribution in [-0.4, -0.2) is 36.5 Å². The van der Waals surface area contributed by atoms with Gasteiger partial charge in [-0.15, -0.1) is 0 Å². The summed E-state index contributed by atoms with van der Waals surface area (Å²) in [5.41, 5.74) is -3.83. The molecule has 38 heavy (non-hydrogen) atoms. The van der Waals surface area contributed by atoms with Crippen molar-refractivity contribution in [3.63, 3.8) is 0 Å². The van der Waals surface area contributed by atoms with Gasteiger partial charge in [-0.05, 0) is 37.5 Å². The van der Waals surface area contributed by atoms with E-state index in [1.165, 1.54) is 24.4 Å². The van der Waals surface area contributed by atoms with Gasteiger partial charge in [0.1, 0.15) is 17.2 Å². The fraction of sp³-hybridized carbons (Fsp3) is 0.346. The van der Waals surface area contributed by atoms with E-state index in [4.69, 9.17) is 4.74 Å². The molecular formula is C26H29F3N4O4S. The fourth-order valence-corrected chi connectivity index (χ4v) is 4.19. The lowest BCUT2D eigenvalue weighted by atomic mass is 10.00. The molecule has 1 aromatic heterocycles. The van der Waals surface area contributed by atoms with E-state index >= 15 is 0 Å². The van der Waals surface area contributed by atoms with E-state index in [0.717, 1.165) is 18.4 Å². The maximum Gasteiger partial charge on any atom is 0.516 e. The first-order chi connectivity index (χ1) is 18.0. The van der Waals surface area contributed by atoms with E-state index in [2.05, 4.69) is 22.2 Å². The number of ether oxygens (including phenoxy) is 1. The summed E-state index contributed by atoms with van der Waals surface area (Å²) in [6.07, 6.45) is 3.98. The number of rotatable bonds is 11. The van der Waals surface area contributed by atoms with E-state index in [-0.39, 0.29) is 29.5 Å². The van der Waals surface area contributed by atoms with Crippen molar-refractivity contribution in [1.29, 1.82) is 0 Å². The van der Waals surface area contributed by atoms with Gasteiger partial charge < -0.3 is 10.1 Å². The first-order valence-electron chi connectivity index (χ1n) is 12.0. The van der Waals surface area contributed by atoms with E-state index < -0.39 is 21.5 Å². The van der Waals surface area contributed by atoms with Crippen molar-refractivity contribution in [1.82, 2.24) is 9.97 Å². The fourth-order valence-electron chi connectivity index (χ4n) is 3.61. The summed E-state index contributed by atoms with van der Waals surface area (Å²) in [7, 11) is -5.57. The number of esters is 1. The van der Waals surface area contributed by atoms with E-state index in [1.54, 1.807) is 42.0 Å². The average molecular weight is 551 g/mol. The molecule has 1 atom stereocenters. The third-order valence-corrected chi connectivity index (χ3v) is 6.74. The highest BCUT2D eigenvalue weighted by atomic mass is 32.2. The summed E-state index contributed by atoms with van der Waals surface area (Å²) in [4.78, 5) is 21.3. The standard InChI is InChI=1S/C26H29F3N4O4S/c1-4-6-11-23-30-16-21(25(34)37-5-2)24(32-23)31-17(3)18-12-14-19(15-13-18)20-9-7-8-10-22(20)33-38(35,36)26(27,28)29/h7-10,12-17,33H,4-6,11H2,1-3H3,(H,30,31,32). The lowest BCUT2D eigenvalue weighted by Crippen LogP contribution is -2.30. The highest BCUT2D eigenvalue weighted by molar-refractivity contribution is 7.93. The number of aryl methyl sites for hydroxylation is 1. The lowest BCUT2D eigenvalue weighted by molar-refractivity contribution is -0.0429. The van der Waals surface area contributed by atoms with Crippen molar-refractivity contribution in [2.75, 3.05) is 16.6 Å². The van der Waals surface area contributed by atoms with Gasteiger partial charge in [0.2, 0.25) is 0 Å². The van der Waals surface area contributed by atoms with Gasteiger partial charge in [-0.25, -0.2) is 14.8 Å². The summed E-state index contributed by atoms with van der Waals surface area (Å²) >= 11 is 0. The zero-order valence-electron chi connectivity index (χ0n) is 21.2. The highest BCUT2D eigenvalue weighted by Gasteiger charge is 2.46. The van der Waals surface area contributed by atoms with Crippen molar-refractivity contribution < 1.29 is 31.1 Å². The number of aromatic nitrogens is 2. The molecule has 3 rings (SSSR count). The van der Waals surface area contributed by atoms with Crippen LogP contribution in [0.25, 0.3) is 11.1 Å². The summed E-state index contributed by atoms with van der Waals surface area (Å²) < 4.78 is 68.7. The summed E-state index contributed by atoms with van der Waals surface area (Å²) in [6.45, 7) is 5.83. The number of alkyl halides is 3. The van der Waals surface area contributed by atoms with Crippen LogP contribution in [0.4, 0.5) is 24.7 Å². The zero-order valence-corrected chi connectivity index (χ0v) is 22.0. The Balaban J connectivity index is 1.86. The third kappa shape index (κ3) is 7.00. The number of nitrogens with zero attached hydrogens (tertiary/aromatic N) is 2. The Morgan fingerprint density at radius 1 is 1.08 bits per heavy atom. The molecule has 0 bridgehead atoms. The van der Waals surface area contributed by atoms with Crippen molar-refractivity contribution in [3.05, 3.63) is 71.7 Å². The van der Waals surface area contributed by atoms with Crippen LogP contribution in [0.2, 0.25) is 0 Å². The van der Waals surface area contributed by atoms with Gasteiger partial charge in [-0.1, -0.05) is 55.8 Å². The minimum Gasteiger partial charge on any atom is -0.462 e. The minimum atomic E-state index is -5.57. The van der Waals surface area contributed by atoms with Crippen molar-refractivity contribution >= 4 is 27.5 Å². The Kier molecular flexibility index (Phi) is 9.31. The number of hydrogen-bond donors (Lipinski definition) is 2. The van der Waals surface area contributed by atoms with Crippen LogP contribution in [-0.2, 0) is 21.2 Å². The van der Waals surface area contributed by atoms with Gasteiger partial charge in [0.15, 0.2) is 0 Å². The summed E-state index contributed by atoms with van der Waals surface area (Å²) in [5.74, 6) is 0.397. The van der Waals surface area contributed by atoms with Crippen LogP contribution in [0.15, 0.2) is 54.7 Å². The molecule has 3 aromatic rings. The van der Waals surface area contributed by atoms with Gasteiger partial charge in [0, 0.05) is 24.2 Å². The van der Waals surface area contributed by atoms with Crippen LogP contribution >= 0.6 is 0 Å². The number of carbonyl (C=O) groups excluding carboxylic acids is 1. The maximum absolute atomic E-state index is 12.9. The van der Waals surface area contributed by atoms with Gasteiger partial charge in [-0.2, -0.15) is 21.6 Å². The molecule has 2 aromatic carbocycles. The lowest BCUT2D eigenvalue weighted by Gasteiger charge is -2.18. The molecule has 204 valence electrons. The molecular weight excluding hydrogens is 521 g/mol. The van der Waals surface area contributed by atoms with Crippen LogP contribution in [0.3, 0.4) is 0 Å². The molecule has 0 saturated heterocycles. The second-order valence-corrected chi connectivity index (χ2v) is 10.1. The maximum atomic E-state index is 12.9. The quantitative estimate of drug-likeness (QED) is 0.278. The van der Waals surface area contributed by atoms with Gasteiger partial charge in [-0.3, -0.25) is 4.72 Å². The first-order valence-corrected chi connectivity index (χ1v) is 13.5. The van der Waals surface area contributed by atoms with Crippen LogP contribution in [0.5, 0.6) is 0 Å². The van der Waals surface area contributed by atoms with E-state index in [9.17, 15) is 26.4 Å². The zero-order chi connectivity index (χ0) is 27.9. The van der Waals surface area contributed by atoms with Crippen LogP contribution < -0.4 is 10.0 Å². The largest absolute Gasteiger partial charge is 0.516 e. The molecule has 2 N–H and O–H groups in total. The molecule has 1 heterocycles. The van der Waals surface area contributed by atoms with Gasteiger partial charge >= 0.3 is 21.5 Å². The second kappa shape index (κ2) is 12.2. The molecule has 0 fully saturated rings. The predicted octanol–water partition coefficient (Wildman–Crippen LogP) is 6.10. The Morgan fingerprint density at radius 2 is 1.76 bits per heavy atom. The molecule has 0 spiro atoms. The number of nitrogens with one attached hydrogen (secondary N) is 2. The smallest absolute Gasteiger partial charge is 0.462 e. The number of hydrogen-bond acceptors (Lipinski definition) is 7. The molecule has 0 amide bonds. The van der Waals surface area contributed by atoms with Crippen molar-refractivity contribution in [2.24, 2.45) is 0 Å². The average Bonchev–Trinajstić information content (AvgIpc) is 2.87. The van der Waals surface area contributed by atoms with Crippen molar-refractivity contribution in [2.45, 2.75) is 51.6 Å². The summed E-state index contributed by atoms with van der Waals surface area (Å²) in [5, 5.41) is 3.23. The normalized spacial score (nSPS) is 12.6. The molecule has 0 saturated carbocycles. The minimum absolute atomic E-state index is 0.191. The van der Waals surface area contributed by atoms with Gasteiger partial charge in [0.05, 0.1) is 12.3 Å². The van der Waals surface area contributed by atoms with Crippen LogP contribution in [0, 0.1) is 0 Å². The second-order valence-electron chi connectivity index (χ2n) is 8.46. The number of unbranched alkanes of at least 4 members (excludes halogenated alkanes) is 1. The number of sulfonamides is 1. The number of benzene rings is 2. The summed E-state index contributed by atoms with van der Waals surface area (Å²) in [6, 6.07) is 12.4. The monoisotopic (exact) mass is 550 g/mol. The Hall–Kier alpha value is -3.67. The molecule has 0 aliphatic heterocycles.